The fourth-order valence-electron chi connectivity index (χ4n) is 2.26. The molecule has 5 heteroatoms. The molecular formula is C15H21N3O2. The molecule has 0 spiro atoms. The molecule has 0 aliphatic carbocycles. The van der Waals surface area contributed by atoms with Gasteiger partial charge in [0.15, 0.2) is 0 Å². The number of hydrogen-bond donors (Lipinski definition) is 1. The molecule has 0 bridgehead atoms. The summed E-state index contributed by atoms with van der Waals surface area (Å²) in [6.45, 7) is 5.01. The van der Waals surface area contributed by atoms with Crippen molar-refractivity contribution in [2.45, 2.75) is 20.4 Å². The Bertz CT molecular complexity index is 497. The normalized spacial score (nSPS) is 10.2. The Kier molecular flexibility index (Phi) is 6.01. The fraction of sp³-hybridized carbons (Fsp3) is 0.467. The molecule has 0 fully saturated rings. The lowest BCUT2D eigenvalue weighted by Crippen LogP contribution is -2.35. The van der Waals surface area contributed by atoms with Gasteiger partial charge in [-0.1, -0.05) is 12.1 Å². The molecule has 0 saturated carbocycles. The fourth-order valence-corrected chi connectivity index (χ4v) is 2.26. The molecule has 0 aliphatic heterocycles. The quantitative estimate of drug-likeness (QED) is 0.797. The average molecular weight is 275 g/mol. The van der Waals surface area contributed by atoms with E-state index in [0.717, 1.165) is 22.4 Å². The maximum atomic E-state index is 11.5. The largest absolute Gasteiger partial charge is 0.496 e. The Hall–Kier alpha value is -2.06. The summed E-state index contributed by atoms with van der Waals surface area (Å²) in [7, 11) is 3.54. The van der Waals surface area contributed by atoms with Gasteiger partial charge in [0, 0.05) is 6.54 Å². The second kappa shape index (κ2) is 7.51. The van der Waals surface area contributed by atoms with Gasteiger partial charge >= 0.3 is 0 Å². The number of aryl methyl sites for hydroxylation is 2. The van der Waals surface area contributed by atoms with E-state index in [-0.39, 0.29) is 19.0 Å². The minimum absolute atomic E-state index is 0.0490. The van der Waals surface area contributed by atoms with Crippen LogP contribution in [-0.2, 0) is 11.3 Å². The number of methoxy groups -OCH3 is 1. The molecule has 0 atom stereocenters. The second-order valence-corrected chi connectivity index (χ2v) is 4.87. The highest BCUT2D eigenvalue weighted by Crippen LogP contribution is 2.24. The van der Waals surface area contributed by atoms with Crippen molar-refractivity contribution in [2.24, 2.45) is 0 Å². The molecule has 20 heavy (non-hydrogen) atoms. The third kappa shape index (κ3) is 4.56. The first kappa shape index (κ1) is 16.0. The van der Waals surface area contributed by atoms with Crippen molar-refractivity contribution < 1.29 is 9.53 Å². The second-order valence-electron chi connectivity index (χ2n) is 4.87. The molecule has 1 amide bonds. The van der Waals surface area contributed by atoms with Crippen molar-refractivity contribution >= 4 is 5.91 Å². The van der Waals surface area contributed by atoms with Gasteiger partial charge in [-0.2, -0.15) is 5.26 Å². The number of ether oxygens (including phenoxy) is 1. The van der Waals surface area contributed by atoms with Crippen LogP contribution in [0.25, 0.3) is 0 Å². The average Bonchev–Trinajstić information content (AvgIpc) is 2.35. The highest BCUT2D eigenvalue weighted by atomic mass is 16.5. The summed E-state index contributed by atoms with van der Waals surface area (Å²) >= 11 is 0. The molecule has 0 unspecified atom stereocenters. The number of nitrogens with one attached hydrogen (secondary N) is 1. The van der Waals surface area contributed by atoms with Gasteiger partial charge in [0.2, 0.25) is 5.91 Å². The van der Waals surface area contributed by atoms with Crippen molar-refractivity contribution in [2.75, 3.05) is 27.2 Å². The number of benzene rings is 1. The Balaban J connectivity index is 2.65. The highest BCUT2D eigenvalue weighted by molar-refractivity contribution is 5.78. The van der Waals surface area contributed by atoms with Crippen LogP contribution in [0.4, 0.5) is 0 Å². The Morgan fingerprint density at radius 2 is 2.00 bits per heavy atom. The first-order valence-electron chi connectivity index (χ1n) is 6.44. The maximum Gasteiger partial charge on any atom is 0.235 e. The summed E-state index contributed by atoms with van der Waals surface area (Å²) in [6.07, 6.45) is 0. The van der Waals surface area contributed by atoms with Gasteiger partial charge in [-0.3, -0.25) is 9.69 Å². The number of nitrogens with zero attached hydrogens (tertiary/aromatic N) is 2. The zero-order chi connectivity index (χ0) is 15.1. The van der Waals surface area contributed by atoms with Crippen molar-refractivity contribution in [1.29, 1.82) is 5.26 Å². The molecule has 0 aliphatic rings. The van der Waals surface area contributed by atoms with E-state index in [1.165, 1.54) is 0 Å². The van der Waals surface area contributed by atoms with Gasteiger partial charge in [0.25, 0.3) is 0 Å². The van der Waals surface area contributed by atoms with E-state index >= 15 is 0 Å². The van der Waals surface area contributed by atoms with Crippen molar-refractivity contribution in [3.05, 3.63) is 28.8 Å². The van der Waals surface area contributed by atoms with E-state index in [1.807, 2.05) is 31.9 Å². The van der Waals surface area contributed by atoms with Gasteiger partial charge in [-0.15, -0.1) is 0 Å². The van der Waals surface area contributed by atoms with Crippen LogP contribution in [0.1, 0.15) is 16.7 Å². The Labute approximate surface area is 120 Å². The molecule has 5 nitrogen and oxygen atoms in total. The SMILES string of the molecule is COc1c(C)cc(CN(C)CC(=O)NCC#N)cc1C. The number of rotatable bonds is 6. The van der Waals surface area contributed by atoms with Gasteiger partial charge in [0.05, 0.1) is 19.7 Å². The lowest BCUT2D eigenvalue weighted by molar-refractivity contribution is -0.121. The number of hydrogen-bond acceptors (Lipinski definition) is 4. The van der Waals surface area contributed by atoms with E-state index in [1.54, 1.807) is 7.11 Å². The van der Waals surface area contributed by atoms with Crippen molar-refractivity contribution in [3.63, 3.8) is 0 Å². The van der Waals surface area contributed by atoms with Gasteiger partial charge < -0.3 is 10.1 Å². The van der Waals surface area contributed by atoms with Crippen molar-refractivity contribution in [3.8, 4) is 11.8 Å². The molecule has 0 saturated heterocycles. The predicted molar refractivity (Wildman–Crippen MR) is 77.4 cm³/mol. The zero-order valence-corrected chi connectivity index (χ0v) is 12.5. The summed E-state index contributed by atoms with van der Waals surface area (Å²) in [5.74, 6) is 0.763. The lowest BCUT2D eigenvalue weighted by Gasteiger charge is -2.18. The van der Waals surface area contributed by atoms with Crippen LogP contribution in [0.3, 0.4) is 0 Å². The monoisotopic (exact) mass is 275 g/mol. The standard InChI is InChI=1S/C15H21N3O2/c1-11-7-13(8-12(2)15(11)20-4)9-18(3)10-14(19)17-6-5-16/h7-8H,6,9-10H2,1-4H3,(H,17,19). The van der Waals surface area contributed by atoms with Gasteiger partial charge in [-0.25, -0.2) is 0 Å². The van der Waals surface area contributed by atoms with E-state index in [4.69, 9.17) is 10.00 Å². The predicted octanol–water partition coefficient (Wildman–Crippen LogP) is 1.38. The van der Waals surface area contributed by atoms with E-state index in [0.29, 0.717) is 6.54 Å². The van der Waals surface area contributed by atoms with E-state index in [2.05, 4.69) is 17.4 Å². The number of carbonyl (C=O) groups is 1. The van der Waals surface area contributed by atoms with Crippen LogP contribution in [0.5, 0.6) is 5.75 Å². The summed E-state index contributed by atoms with van der Waals surface area (Å²) in [4.78, 5) is 13.4. The molecule has 1 aromatic rings. The lowest BCUT2D eigenvalue weighted by atomic mass is 10.1. The molecule has 1 N–H and O–H groups in total. The van der Waals surface area contributed by atoms with Crippen LogP contribution in [-0.4, -0.2) is 38.1 Å². The molecule has 108 valence electrons. The number of carbonyl (C=O) groups excluding carboxylic acids is 1. The van der Waals surface area contributed by atoms with Gasteiger partial charge in [-0.05, 0) is 37.6 Å². The first-order chi connectivity index (χ1) is 9.47. The third-order valence-corrected chi connectivity index (χ3v) is 2.95. The number of nitriles is 1. The summed E-state index contributed by atoms with van der Waals surface area (Å²) in [6, 6.07) is 6.01. The zero-order valence-electron chi connectivity index (χ0n) is 12.5. The van der Waals surface area contributed by atoms with Crippen LogP contribution in [0, 0.1) is 25.2 Å². The molecule has 0 radical (unpaired) electrons. The Morgan fingerprint density at radius 3 is 2.50 bits per heavy atom. The van der Waals surface area contributed by atoms with Crippen LogP contribution in [0.2, 0.25) is 0 Å². The summed E-state index contributed by atoms with van der Waals surface area (Å²) in [5.41, 5.74) is 3.31. The minimum Gasteiger partial charge on any atom is -0.496 e. The van der Waals surface area contributed by atoms with Crippen LogP contribution >= 0.6 is 0 Å². The first-order valence-corrected chi connectivity index (χ1v) is 6.44. The molecule has 0 heterocycles. The van der Waals surface area contributed by atoms with E-state index < -0.39 is 0 Å². The van der Waals surface area contributed by atoms with Crippen molar-refractivity contribution in [1.82, 2.24) is 10.2 Å². The number of likely N-dealkylation sites (N-methyl/N-ethyl adjacent to an activating group) is 1. The highest BCUT2D eigenvalue weighted by Gasteiger charge is 2.09. The molecule has 1 aromatic carbocycles. The molecular weight excluding hydrogens is 254 g/mol. The number of amides is 1. The third-order valence-electron chi connectivity index (χ3n) is 2.95. The maximum absolute atomic E-state index is 11.5. The van der Waals surface area contributed by atoms with E-state index in [9.17, 15) is 4.79 Å². The van der Waals surface area contributed by atoms with Gasteiger partial charge in [0.1, 0.15) is 12.3 Å². The smallest absolute Gasteiger partial charge is 0.235 e. The minimum atomic E-state index is -0.143. The summed E-state index contributed by atoms with van der Waals surface area (Å²) in [5, 5.41) is 10.9. The topological polar surface area (TPSA) is 65.4 Å². The van der Waals surface area contributed by atoms with Crippen LogP contribution < -0.4 is 10.1 Å². The Morgan fingerprint density at radius 1 is 1.40 bits per heavy atom. The molecule has 0 aromatic heterocycles. The molecule has 1 rings (SSSR count). The summed E-state index contributed by atoms with van der Waals surface area (Å²) < 4.78 is 5.34. The van der Waals surface area contributed by atoms with Crippen LogP contribution in [0.15, 0.2) is 12.1 Å².